The predicted octanol–water partition coefficient (Wildman–Crippen LogP) is 3.73. The molecule has 140 valence electrons. The van der Waals surface area contributed by atoms with Crippen molar-refractivity contribution in [3.63, 3.8) is 0 Å². The number of hydrogen-bond acceptors (Lipinski definition) is 5. The summed E-state index contributed by atoms with van der Waals surface area (Å²) in [5.74, 6) is 1.79. The van der Waals surface area contributed by atoms with Gasteiger partial charge in [-0.15, -0.1) is 0 Å². The van der Waals surface area contributed by atoms with Gasteiger partial charge in [-0.25, -0.2) is 4.99 Å². The Hall–Kier alpha value is -1.73. The molecule has 3 rings (SSSR count). The van der Waals surface area contributed by atoms with Gasteiger partial charge in [0.25, 0.3) is 0 Å². The molecule has 0 spiro atoms. The molecular weight excluding hydrogens is 370 g/mol. The van der Waals surface area contributed by atoms with Crippen molar-refractivity contribution < 1.29 is 4.52 Å². The quantitative estimate of drug-likeness (QED) is 0.575. The third kappa shape index (κ3) is 5.14. The van der Waals surface area contributed by atoms with Gasteiger partial charge in [0.15, 0.2) is 5.96 Å². The second kappa shape index (κ2) is 9.28. The van der Waals surface area contributed by atoms with Crippen LogP contribution in [0.5, 0.6) is 0 Å². The first-order chi connectivity index (χ1) is 12.7. The maximum absolute atomic E-state index is 6.01. The highest BCUT2D eigenvalue weighted by atomic mass is 35.5. The van der Waals surface area contributed by atoms with Gasteiger partial charge in [0.1, 0.15) is 6.54 Å². The third-order valence-electron chi connectivity index (χ3n) is 4.33. The fourth-order valence-electron chi connectivity index (χ4n) is 3.01. The van der Waals surface area contributed by atoms with Gasteiger partial charge in [-0.1, -0.05) is 28.9 Å². The number of guanidine groups is 1. The molecule has 1 aliphatic carbocycles. The molecule has 1 aromatic heterocycles. The van der Waals surface area contributed by atoms with Gasteiger partial charge < -0.3 is 15.2 Å². The summed E-state index contributed by atoms with van der Waals surface area (Å²) < 4.78 is 5.32. The number of benzene rings is 1. The molecule has 6 nitrogen and oxygen atoms in total. The zero-order valence-corrected chi connectivity index (χ0v) is 16.6. The van der Waals surface area contributed by atoms with Gasteiger partial charge in [-0.05, 0) is 44.6 Å². The van der Waals surface area contributed by atoms with E-state index in [0.29, 0.717) is 29.3 Å². The summed E-state index contributed by atoms with van der Waals surface area (Å²) in [5.41, 5.74) is 0.829. The summed E-state index contributed by atoms with van der Waals surface area (Å²) >= 11 is 7.96. The number of thioether (sulfide) groups is 1. The number of nitrogens with one attached hydrogen (secondary N) is 2. The van der Waals surface area contributed by atoms with Crippen molar-refractivity contribution in [1.29, 1.82) is 0 Å². The number of nitrogens with zero attached hydrogens (tertiary/aromatic N) is 3. The van der Waals surface area contributed by atoms with Crippen LogP contribution in [0, 0.1) is 0 Å². The fourth-order valence-corrected chi connectivity index (χ4v) is 4.00. The Morgan fingerprint density at radius 2 is 2.31 bits per heavy atom. The van der Waals surface area contributed by atoms with E-state index in [4.69, 9.17) is 16.1 Å². The molecule has 2 atom stereocenters. The molecular formula is C18H24ClN5OS. The minimum absolute atomic E-state index is 0.335. The van der Waals surface area contributed by atoms with E-state index in [9.17, 15) is 0 Å². The lowest BCUT2D eigenvalue weighted by atomic mass is 10.2. The third-order valence-corrected chi connectivity index (χ3v) is 5.66. The van der Waals surface area contributed by atoms with E-state index in [2.05, 4.69) is 38.9 Å². The number of aliphatic imine (C=N–C) groups is 1. The summed E-state index contributed by atoms with van der Waals surface area (Å²) in [4.78, 5) is 9.00. The Morgan fingerprint density at radius 3 is 3.04 bits per heavy atom. The first-order valence-electron chi connectivity index (χ1n) is 8.84. The predicted molar refractivity (Wildman–Crippen MR) is 108 cm³/mol. The minimum Gasteiger partial charge on any atom is -0.357 e. The molecule has 0 amide bonds. The maximum atomic E-state index is 6.01. The van der Waals surface area contributed by atoms with Gasteiger partial charge in [0.05, 0.1) is 0 Å². The molecule has 1 fully saturated rings. The van der Waals surface area contributed by atoms with Crippen molar-refractivity contribution in [2.45, 2.75) is 44.0 Å². The molecule has 8 heteroatoms. The second-order valence-corrected chi connectivity index (χ2v) is 7.80. The van der Waals surface area contributed by atoms with Crippen molar-refractivity contribution in [2.24, 2.45) is 4.99 Å². The van der Waals surface area contributed by atoms with Crippen molar-refractivity contribution in [3.05, 3.63) is 35.2 Å². The number of aromatic nitrogens is 2. The van der Waals surface area contributed by atoms with Crippen molar-refractivity contribution >= 4 is 29.3 Å². The van der Waals surface area contributed by atoms with Crippen LogP contribution in [-0.2, 0) is 6.54 Å². The standard InChI is InChI=1S/C18H24ClN5OS/c1-3-20-18(22-14-7-8-15(10-14)26-2)21-11-16-23-17(24-25-16)12-5-4-6-13(19)9-12/h4-6,9,14-15H,3,7-8,10-11H2,1-2H3,(H2,20,21,22). The van der Waals surface area contributed by atoms with Crippen LogP contribution in [0.4, 0.5) is 0 Å². The van der Waals surface area contributed by atoms with E-state index in [-0.39, 0.29) is 0 Å². The molecule has 0 bridgehead atoms. The van der Waals surface area contributed by atoms with E-state index in [1.165, 1.54) is 19.3 Å². The highest BCUT2D eigenvalue weighted by molar-refractivity contribution is 7.99. The Labute approximate surface area is 163 Å². The summed E-state index contributed by atoms with van der Waals surface area (Å²) in [6.45, 7) is 3.20. The Kier molecular flexibility index (Phi) is 6.80. The first-order valence-corrected chi connectivity index (χ1v) is 10.5. The van der Waals surface area contributed by atoms with Gasteiger partial charge in [-0.3, -0.25) is 0 Å². The monoisotopic (exact) mass is 393 g/mol. The summed E-state index contributed by atoms with van der Waals surface area (Å²) in [6.07, 6.45) is 5.78. The van der Waals surface area contributed by atoms with Crippen molar-refractivity contribution in [3.8, 4) is 11.4 Å². The van der Waals surface area contributed by atoms with Crippen LogP contribution in [0.2, 0.25) is 5.02 Å². The van der Waals surface area contributed by atoms with Gasteiger partial charge >= 0.3 is 0 Å². The molecule has 26 heavy (non-hydrogen) atoms. The topological polar surface area (TPSA) is 75.3 Å². The van der Waals surface area contributed by atoms with Crippen LogP contribution < -0.4 is 10.6 Å². The molecule has 2 N–H and O–H groups in total. The van der Waals surface area contributed by atoms with E-state index in [0.717, 1.165) is 23.3 Å². The van der Waals surface area contributed by atoms with E-state index >= 15 is 0 Å². The average Bonchev–Trinajstić information content (AvgIpc) is 3.29. The highest BCUT2D eigenvalue weighted by Gasteiger charge is 2.24. The lowest BCUT2D eigenvalue weighted by Crippen LogP contribution is -2.42. The first kappa shape index (κ1) is 19.0. The molecule has 0 radical (unpaired) electrons. The Morgan fingerprint density at radius 1 is 1.42 bits per heavy atom. The van der Waals surface area contributed by atoms with Crippen LogP contribution in [0.25, 0.3) is 11.4 Å². The lowest BCUT2D eigenvalue weighted by Gasteiger charge is -2.16. The van der Waals surface area contributed by atoms with Crippen LogP contribution in [0.3, 0.4) is 0 Å². The maximum Gasteiger partial charge on any atom is 0.248 e. The summed E-state index contributed by atoms with van der Waals surface area (Å²) in [5, 5.41) is 12.2. The molecule has 1 aliphatic rings. The number of halogens is 1. The minimum atomic E-state index is 0.335. The zero-order chi connectivity index (χ0) is 18.4. The zero-order valence-electron chi connectivity index (χ0n) is 15.0. The smallest absolute Gasteiger partial charge is 0.248 e. The molecule has 1 heterocycles. The molecule has 2 unspecified atom stereocenters. The second-order valence-electron chi connectivity index (χ2n) is 6.23. The summed E-state index contributed by atoms with van der Waals surface area (Å²) in [7, 11) is 0. The number of rotatable bonds is 6. The van der Waals surface area contributed by atoms with Gasteiger partial charge in [0, 0.05) is 28.4 Å². The Balaban J connectivity index is 1.62. The lowest BCUT2D eigenvalue weighted by molar-refractivity contribution is 0.380. The van der Waals surface area contributed by atoms with E-state index < -0.39 is 0 Å². The van der Waals surface area contributed by atoms with Crippen LogP contribution in [0.1, 0.15) is 32.1 Å². The van der Waals surface area contributed by atoms with Crippen molar-refractivity contribution in [2.75, 3.05) is 12.8 Å². The molecule has 1 saturated carbocycles. The molecule has 2 aromatic rings. The van der Waals surface area contributed by atoms with Gasteiger partial charge in [0.2, 0.25) is 11.7 Å². The molecule has 0 aliphatic heterocycles. The van der Waals surface area contributed by atoms with E-state index in [1.807, 2.05) is 36.0 Å². The SMILES string of the molecule is CCNC(=NCc1nc(-c2cccc(Cl)c2)no1)NC1CCC(SC)C1. The molecule has 0 saturated heterocycles. The van der Waals surface area contributed by atoms with Crippen LogP contribution >= 0.6 is 23.4 Å². The Bertz CT molecular complexity index is 751. The van der Waals surface area contributed by atoms with Crippen LogP contribution in [-0.4, -0.2) is 40.2 Å². The highest BCUT2D eigenvalue weighted by Crippen LogP contribution is 2.28. The van der Waals surface area contributed by atoms with E-state index in [1.54, 1.807) is 0 Å². The van der Waals surface area contributed by atoms with Crippen LogP contribution in [0.15, 0.2) is 33.8 Å². The average molecular weight is 394 g/mol. The van der Waals surface area contributed by atoms with Crippen molar-refractivity contribution in [1.82, 2.24) is 20.8 Å². The number of hydrogen-bond donors (Lipinski definition) is 2. The normalized spacial score (nSPS) is 20.3. The molecule has 1 aromatic carbocycles. The largest absolute Gasteiger partial charge is 0.357 e. The summed E-state index contributed by atoms with van der Waals surface area (Å²) in [6, 6.07) is 7.86. The van der Waals surface area contributed by atoms with Gasteiger partial charge in [-0.2, -0.15) is 16.7 Å². The fraction of sp³-hybridized carbons (Fsp3) is 0.500.